The van der Waals surface area contributed by atoms with E-state index in [0.29, 0.717) is 23.1 Å². The molecule has 0 aliphatic rings. The van der Waals surface area contributed by atoms with Gasteiger partial charge in [0, 0.05) is 18.9 Å². The van der Waals surface area contributed by atoms with Crippen molar-refractivity contribution in [3.63, 3.8) is 0 Å². The normalized spacial score (nSPS) is 12.2. The zero-order valence-electron chi connectivity index (χ0n) is 13.7. The van der Waals surface area contributed by atoms with Crippen molar-refractivity contribution in [2.45, 2.75) is 19.4 Å². The van der Waals surface area contributed by atoms with Gasteiger partial charge in [-0.15, -0.1) is 0 Å². The molecule has 2 aromatic heterocycles. The van der Waals surface area contributed by atoms with Crippen LogP contribution in [0, 0.1) is 11.8 Å². The summed E-state index contributed by atoms with van der Waals surface area (Å²) >= 11 is 0. The predicted molar refractivity (Wildman–Crippen MR) is 92.3 cm³/mol. The molecular formula is C18H18N4O2. The second-order valence-corrected chi connectivity index (χ2v) is 4.72. The molecule has 0 bridgehead atoms. The molecule has 0 amide bonds. The summed E-state index contributed by atoms with van der Waals surface area (Å²) < 4.78 is 10.5. The molecule has 6 heteroatoms. The standard InChI is InChI=1S/C18H18N4O2/c1-5-7-14(19-3)10-8-13-9-11-15(20-12-13)17-21-18(24-22-17)16(6-2)23-4/h5,7,9,11-12,16H,1,3,6H2,2,4H3/b14-7-. The van der Waals surface area contributed by atoms with Gasteiger partial charge in [-0.05, 0) is 37.3 Å². The van der Waals surface area contributed by atoms with Gasteiger partial charge in [0.25, 0.3) is 5.89 Å². The van der Waals surface area contributed by atoms with E-state index in [1.54, 1.807) is 31.5 Å². The first-order chi connectivity index (χ1) is 11.7. The van der Waals surface area contributed by atoms with E-state index in [2.05, 4.69) is 45.3 Å². The Labute approximate surface area is 141 Å². The third kappa shape index (κ3) is 4.24. The van der Waals surface area contributed by atoms with Crippen LogP contribution in [0.4, 0.5) is 0 Å². The fourth-order valence-corrected chi connectivity index (χ4v) is 1.89. The van der Waals surface area contributed by atoms with Crippen LogP contribution >= 0.6 is 0 Å². The lowest BCUT2D eigenvalue weighted by Gasteiger charge is -2.05. The molecule has 6 nitrogen and oxygen atoms in total. The Morgan fingerprint density at radius 1 is 1.50 bits per heavy atom. The Bertz CT molecular complexity index is 790. The number of allylic oxidation sites excluding steroid dienone is 3. The molecule has 2 rings (SSSR count). The van der Waals surface area contributed by atoms with E-state index in [4.69, 9.17) is 9.26 Å². The quantitative estimate of drug-likeness (QED) is 0.463. The maximum atomic E-state index is 5.28. The van der Waals surface area contributed by atoms with Crippen LogP contribution in [0.15, 0.2) is 52.3 Å². The summed E-state index contributed by atoms with van der Waals surface area (Å²) in [6.07, 6.45) is 5.47. The molecular weight excluding hydrogens is 304 g/mol. The fraction of sp³-hybridized carbons (Fsp3) is 0.222. The number of aliphatic imine (C=N–C) groups is 1. The molecule has 2 aromatic rings. The van der Waals surface area contributed by atoms with Crippen molar-refractivity contribution in [3.05, 3.63) is 54.2 Å². The minimum absolute atomic E-state index is 0.210. The second-order valence-electron chi connectivity index (χ2n) is 4.72. The number of hydrogen-bond acceptors (Lipinski definition) is 6. The van der Waals surface area contributed by atoms with Gasteiger partial charge in [0.05, 0.1) is 0 Å². The molecule has 1 atom stereocenters. The largest absolute Gasteiger partial charge is 0.372 e. The molecule has 2 heterocycles. The maximum Gasteiger partial charge on any atom is 0.256 e. The average molecular weight is 322 g/mol. The highest BCUT2D eigenvalue weighted by Gasteiger charge is 2.17. The number of ether oxygens (including phenoxy) is 1. The second kappa shape index (κ2) is 8.56. The van der Waals surface area contributed by atoms with E-state index in [-0.39, 0.29) is 6.10 Å². The molecule has 122 valence electrons. The van der Waals surface area contributed by atoms with Gasteiger partial charge in [-0.2, -0.15) is 4.98 Å². The van der Waals surface area contributed by atoms with E-state index >= 15 is 0 Å². The maximum absolute atomic E-state index is 5.28. The van der Waals surface area contributed by atoms with Gasteiger partial charge >= 0.3 is 0 Å². The molecule has 0 aliphatic carbocycles. The Balaban J connectivity index is 2.18. The molecule has 0 aromatic carbocycles. The molecule has 0 saturated carbocycles. The highest BCUT2D eigenvalue weighted by Crippen LogP contribution is 2.21. The predicted octanol–water partition coefficient (Wildman–Crippen LogP) is 3.35. The number of pyridine rings is 1. The Morgan fingerprint density at radius 3 is 2.92 bits per heavy atom. The molecule has 24 heavy (non-hydrogen) atoms. The zero-order valence-corrected chi connectivity index (χ0v) is 13.7. The monoisotopic (exact) mass is 322 g/mol. The summed E-state index contributed by atoms with van der Waals surface area (Å²) in [7, 11) is 1.61. The van der Waals surface area contributed by atoms with Gasteiger partial charge in [0.15, 0.2) is 0 Å². The van der Waals surface area contributed by atoms with Gasteiger partial charge in [-0.25, -0.2) is 0 Å². The van der Waals surface area contributed by atoms with Crippen molar-refractivity contribution < 1.29 is 9.26 Å². The third-order valence-corrected chi connectivity index (χ3v) is 3.15. The highest BCUT2D eigenvalue weighted by atomic mass is 16.5. The van der Waals surface area contributed by atoms with E-state index in [9.17, 15) is 0 Å². The van der Waals surface area contributed by atoms with Gasteiger partial charge in [0.2, 0.25) is 5.82 Å². The summed E-state index contributed by atoms with van der Waals surface area (Å²) in [6.45, 7) is 9.04. The third-order valence-electron chi connectivity index (χ3n) is 3.15. The van der Waals surface area contributed by atoms with Crippen molar-refractivity contribution in [1.29, 1.82) is 0 Å². The minimum Gasteiger partial charge on any atom is -0.372 e. The molecule has 0 fully saturated rings. The van der Waals surface area contributed by atoms with Crippen LogP contribution in [0.2, 0.25) is 0 Å². The van der Waals surface area contributed by atoms with Crippen LogP contribution < -0.4 is 0 Å². The van der Waals surface area contributed by atoms with Crippen LogP contribution in [-0.4, -0.2) is 29.0 Å². The summed E-state index contributed by atoms with van der Waals surface area (Å²) in [6, 6.07) is 3.61. The minimum atomic E-state index is -0.210. The highest BCUT2D eigenvalue weighted by molar-refractivity contribution is 5.51. The van der Waals surface area contributed by atoms with Crippen molar-refractivity contribution in [3.8, 4) is 23.4 Å². The van der Waals surface area contributed by atoms with Gasteiger partial charge in [-0.3, -0.25) is 9.98 Å². The number of rotatable bonds is 6. The lowest BCUT2D eigenvalue weighted by molar-refractivity contribution is 0.0706. The van der Waals surface area contributed by atoms with Crippen molar-refractivity contribution in [2.24, 2.45) is 4.99 Å². The number of methoxy groups -OCH3 is 1. The molecule has 0 radical (unpaired) electrons. The molecule has 1 unspecified atom stereocenters. The Kier molecular flexibility index (Phi) is 6.17. The summed E-state index contributed by atoms with van der Waals surface area (Å²) in [5.74, 6) is 6.70. The number of aromatic nitrogens is 3. The van der Waals surface area contributed by atoms with Gasteiger partial charge in [0.1, 0.15) is 17.5 Å². The average Bonchev–Trinajstić information content (AvgIpc) is 3.10. The van der Waals surface area contributed by atoms with Gasteiger partial charge < -0.3 is 9.26 Å². The first-order valence-corrected chi connectivity index (χ1v) is 7.36. The van der Waals surface area contributed by atoms with Crippen molar-refractivity contribution in [2.75, 3.05) is 7.11 Å². The molecule has 0 aliphatic heterocycles. The number of nitrogens with zero attached hydrogens (tertiary/aromatic N) is 4. The Hall–Kier alpha value is -3.04. The van der Waals surface area contributed by atoms with Crippen LogP contribution in [0.25, 0.3) is 11.5 Å². The van der Waals surface area contributed by atoms with Crippen LogP contribution in [0.3, 0.4) is 0 Å². The smallest absolute Gasteiger partial charge is 0.256 e. The fourth-order valence-electron chi connectivity index (χ4n) is 1.89. The van der Waals surface area contributed by atoms with Crippen LogP contribution in [0.5, 0.6) is 0 Å². The first-order valence-electron chi connectivity index (χ1n) is 7.36. The lowest BCUT2D eigenvalue weighted by atomic mass is 10.2. The van der Waals surface area contributed by atoms with E-state index in [1.165, 1.54) is 0 Å². The van der Waals surface area contributed by atoms with E-state index < -0.39 is 0 Å². The molecule has 0 spiro atoms. The lowest BCUT2D eigenvalue weighted by Crippen LogP contribution is -1.99. The summed E-state index contributed by atoms with van der Waals surface area (Å²) in [4.78, 5) is 12.4. The summed E-state index contributed by atoms with van der Waals surface area (Å²) in [5, 5.41) is 3.94. The topological polar surface area (TPSA) is 73.4 Å². The van der Waals surface area contributed by atoms with Gasteiger partial charge in [-0.1, -0.05) is 30.7 Å². The van der Waals surface area contributed by atoms with E-state index in [1.807, 2.05) is 13.0 Å². The van der Waals surface area contributed by atoms with E-state index in [0.717, 1.165) is 12.0 Å². The Morgan fingerprint density at radius 2 is 2.33 bits per heavy atom. The van der Waals surface area contributed by atoms with Crippen LogP contribution in [-0.2, 0) is 4.74 Å². The first kappa shape index (κ1) is 17.3. The number of hydrogen-bond donors (Lipinski definition) is 0. The van der Waals surface area contributed by atoms with Crippen LogP contribution in [0.1, 0.15) is 30.9 Å². The van der Waals surface area contributed by atoms with Crippen molar-refractivity contribution >= 4 is 6.72 Å². The molecule has 0 saturated heterocycles. The molecule has 0 N–H and O–H groups in total. The van der Waals surface area contributed by atoms with Crippen molar-refractivity contribution in [1.82, 2.24) is 15.1 Å². The SMILES string of the molecule is C=C/C=C(/C#Cc1ccc(-c2noc(C(CC)OC)n2)nc1)N=C. The summed E-state index contributed by atoms with van der Waals surface area (Å²) in [5.41, 5.74) is 1.89. The zero-order chi connectivity index (χ0) is 17.4.